The van der Waals surface area contributed by atoms with E-state index in [9.17, 15) is 29.4 Å². The molecule has 4 N–H and O–H groups in total. The maximum atomic E-state index is 11.7. The average molecular weight is 452 g/mol. The number of aliphatic hydroxyl groups excluding tert-OH is 2. The molecule has 3 heterocycles. The first-order chi connectivity index (χ1) is 13.6. The third kappa shape index (κ3) is 4.60. The molecule has 2 aromatic rings. The summed E-state index contributed by atoms with van der Waals surface area (Å²) in [5.74, 6) is -3.42. The summed E-state index contributed by atoms with van der Waals surface area (Å²) in [5.41, 5.74) is 0.776. The Bertz CT molecular complexity index is 935. The molecule has 0 unspecified atom stereocenters. The zero-order chi connectivity index (χ0) is 21.3. The van der Waals surface area contributed by atoms with E-state index in [2.05, 4.69) is 14.7 Å². The first-order valence-corrected chi connectivity index (χ1v) is 10.5. The van der Waals surface area contributed by atoms with E-state index in [1.165, 1.54) is 23.9 Å². The second-order valence-electron chi connectivity index (χ2n) is 6.20. The molecule has 0 amide bonds. The van der Waals surface area contributed by atoms with Crippen molar-refractivity contribution >= 4 is 36.3 Å². The average Bonchev–Trinajstić information content (AvgIpc) is 3.16. The van der Waals surface area contributed by atoms with Gasteiger partial charge >= 0.3 is 13.6 Å². The van der Waals surface area contributed by atoms with Crippen LogP contribution in [-0.4, -0.2) is 77.9 Å². The smallest absolute Gasteiger partial charge is 0.365 e. The van der Waals surface area contributed by atoms with Crippen LogP contribution in [0.5, 0.6) is 0 Å². The van der Waals surface area contributed by atoms with Crippen LogP contribution in [0.25, 0.3) is 11.2 Å². The van der Waals surface area contributed by atoms with Gasteiger partial charge in [0.05, 0.1) is 19.5 Å². The van der Waals surface area contributed by atoms with Gasteiger partial charge in [-0.3, -0.25) is 9.13 Å². The van der Waals surface area contributed by atoms with Crippen LogP contribution in [-0.2, 0) is 23.6 Å². The third-order valence-corrected chi connectivity index (χ3v) is 5.39. The summed E-state index contributed by atoms with van der Waals surface area (Å²) in [6.07, 6.45) is -3.88. The van der Waals surface area contributed by atoms with Crippen LogP contribution in [0.4, 0.5) is 0 Å². The van der Waals surface area contributed by atoms with E-state index in [1.807, 2.05) is 0 Å². The number of esters is 1. The molecule has 1 fully saturated rings. The Morgan fingerprint density at radius 3 is 2.76 bits per heavy atom. The topological polar surface area (TPSA) is 173 Å². The van der Waals surface area contributed by atoms with Crippen molar-refractivity contribution in [3.8, 4) is 0 Å². The number of fused-ring (bicyclic) bond motifs is 1. The van der Waals surface area contributed by atoms with Gasteiger partial charge < -0.3 is 34.2 Å². The molecule has 2 aromatic heterocycles. The number of aliphatic hydroxyl groups is 2. The number of hydrogen-bond acceptors (Lipinski definition) is 9. The summed E-state index contributed by atoms with van der Waals surface area (Å²) in [6, 6.07) is 3.15. The van der Waals surface area contributed by atoms with Crippen molar-refractivity contribution in [1.82, 2.24) is 14.5 Å². The van der Waals surface area contributed by atoms with E-state index in [0.29, 0.717) is 11.2 Å². The van der Waals surface area contributed by atoms with Gasteiger partial charge in [-0.15, -0.1) is 0 Å². The minimum atomic E-state index is -4.99. The summed E-state index contributed by atoms with van der Waals surface area (Å²) < 4.78 is 28.1. The Morgan fingerprint density at radius 1 is 1.38 bits per heavy atom. The molecule has 0 bridgehead atoms. The van der Waals surface area contributed by atoms with Crippen LogP contribution in [0, 0.1) is 0 Å². The van der Waals surface area contributed by atoms with Gasteiger partial charge in [0.2, 0.25) is 0 Å². The van der Waals surface area contributed by atoms with Crippen LogP contribution in [0.1, 0.15) is 13.2 Å². The van der Waals surface area contributed by atoms with Crippen LogP contribution in [0.15, 0.2) is 18.5 Å². The Morgan fingerprint density at radius 2 is 2.10 bits per heavy atom. The maximum Gasteiger partial charge on any atom is 0.365 e. The summed E-state index contributed by atoms with van der Waals surface area (Å²) in [6.45, 7) is 0.768. The Kier molecular flexibility index (Phi) is 6.56. The number of nitrogens with zero attached hydrogens (tertiary/aromatic N) is 3. The minimum absolute atomic E-state index is 0.106. The molecule has 0 radical (unpaired) electrons. The number of pyridine rings is 1. The van der Waals surface area contributed by atoms with E-state index in [4.69, 9.17) is 21.1 Å². The molecule has 0 spiro atoms. The second kappa shape index (κ2) is 8.62. The van der Waals surface area contributed by atoms with E-state index in [1.54, 1.807) is 6.07 Å². The molecule has 1 saturated heterocycles. The van der Waals surface area contributed by atoms with Crippen molar-refractivity contribution in [2.45, 2.75) is 37.3 Å². The molecular formula is C15H19ClN3O9P. The number of aromatic nitrogens is 3. The van der Waals surface area contributed by atoms with Crippen LogP contribution in [0.2, 0.25) is 5.15 Å². The quantitative estimate of drug-likeness (QED) is 0.249. The molecule has 1 aliphatic rings. The van der Waals surface area contributed by atoms with Gasteiger partial charge in [-0.25, -0.2) is 14.8 Å². The van der Waals surface area contributed by atoms with E-state index < -0.39 is 50.6 Å². The molecule has 5 atom stereocenters. The lowest BCUT2D eigenvalue weighted by atomic mass is 10.1. The first-order valence-electron chi connectivity index (χ1n) is 8.47. The minimum Gasteiger partial charge on any atom is -0.464 e. The Hall–Kier alpha value is -1.63. The zero-order valence-electron chi connectivity index (χ0n) is 15.0. The van der Waals surface area contributed by atoms with Gasteiger partial charge in [0.1, 0.15) is 29.0 Å². The first kappa shape index (κ1) is 22.1. The van der Waals surface area contributed by atoms with Crippen molar-refractivity contribution in [3.63, 3.8) is 0 Å². The molecular weight excluding hydrogens is 433 g/mol. The van der Waals surface area contributed by atoms with E-state index in [-0.39, 0.29) is 11.8 Å². The van der Waals surface area contributed by atoms with Gasteiger partial charge in [-0.05, 0) is 19.1 Å². The van der Waals surface area contributed by atoms with Crippen molar-refractivity contribution in [2.75, 3.05) is 13.2 Å². The predicted molar refractivity (Wildman–Crippen MR) is 96.9 cm³/mol. The van der Waals surface area contributed by atoms with Crippen LogP contribution in [0.3, 0.4) is 0 Å². The number of halogens is 1. The van der Waals surface area contributed by atoms with Crippen LogP contribution >= 0.6 is 19.2 Å². The monoisotopic (exact) mass is 451 g/mol. The Balaban J connectivity index is 1.76. The van der Waals surface area contributed by atoms with Crippen molar-refractivity contribution in [3.05, 3.63) is 23.6 Å². The SMILES string of the molecule is CCOC(=O)[C@H](OC[C@H]1O[C@@H](n2cnc3ccc(Cl)nc32)[C@H](O)[C@@H]1O)P(=O)(O)O. The standard InChI is InChI=1S/C15H19ClN3O9P/c1-2-26-14(22)15(29(23,24)25)27-5-8-10(20)11(21)13(28-8)19-6-17-7-3-4-9(16)18-12(7)19/h3-4,6,8,10-11,13,15,20-21H,2,5H2,1H3,(H2,23,24,25)/t8-,10-,11-,13-,15-/m1/s1. The fraction of sp³-hybridized carbons (Fsp3) is 0.533. The lowest BCUT2D eigenvalue weighted by Gasteiger charge is -2.20. The highest BCUT2D eigenvalue weighted by Crippen LogP contribution is 2.43. The Labute approximate surface area is 169 Å². The normalized spacial score (nSPS) is 26.0. The van der Waals surface area contributed by atoms with Gasteiger partial charge in [-0.1, -0.05) is 11.6 Å². The number of carbonyl (C=O) groups excluding carboxylic acids is 1. The van der Waals surface area contributed by atoms with Crippen LogP contribution < -0.4 is 0 Å². The van der Waals surface area contributed by atoms with Gasteiger partial charge in [-0.2, -0.15) is 0 Å². The largest absolute Gasteiger partial charge is 0.464 e. The highest BCUT2D eigenvalue weighted by molar-refractivity contribution is 7.53. The summed E-state index contributed by atoms with van der Waals surface area (Å²) in [5, 5.41) is 20.8. The summed E-state index contributed by atoms with van der Waals surface area (Å²) >= 11 is 5.89. The lowest BCUT2D eigenvalue weighted by Crippen LogP contribution is -2.36. The number of hydrogen-bond donors (Lipinski definition) is 4. The molecule has 12 nitrogen and oxygen atoms in total. The molecule has 14 heteroatoms. The van der Waals surface area contributed by atoms with Crippen molar-refractivity contribution in [1.29, 1.82) is 0 Å². The van der Waals surface area contributed by atoms with Crippen molar-refractivity contribution < 1.29 is 43.6 Å². The molecule has 0 saturated carbocycles. The van der Waals surface area contributed by atoms with Gasteiger partial charge in [0.15, 0.2) is 11.9 Å². The molecule has 29 heavy (non-hydrogen) atoms. The molecule has 0 aliphatic carbocycles. The number of imidazole rings is 1. The third-order valence-electron chi connectivity index (χ3n) is 4.21. The van der Waals surface area contributed by atoms with Gasteiger partial charge in [0.25, 0.3) is 5.85 Å². The highest BCUT2D eigenvalue weighted by Gasteiger charge is 2.46. The second-order valence-corrected chi connectivity index (χ2v) is 8.24. The fourth-order valence-electron chi connectivity index (χ4n) is 2.87. The van der Waals surface area contributed by atoms with E-state index >= 15 is 0 Å². The number of ether oxygens (including phenoxy) is 3. The fourth-order valence-corrected chi connectivity index (χ4v) is 3.65. The molecule has 3 rings (SSSR count). The zero-order valence-corrected chi connectivity index (χ0v) is 16.7. The number of rotatable bonds is 7. The maximum absolute atomic E-state index is 11.7. The summed E-state index contributed by atoms with van der Waals surface area (Å²) in [7, 11) is -4.99. The molecule has 160 valence electrons. The lowest BCUT2D eigenvalue weighted by molar-refractivity contribution is -0.155. The summed E-state index contributed by atoms with van der Waals surface area (Å²) in [4.78, 5) is 38.6. The van der Waals surface area contributed by atoms with Gasteiger partial charge in [0, 0.05) is 0 Å². The molecule has 0 aromatic carbocycles. The van der Waals surface area contributed by atoms with Crippen molar-refractivity contribution in [2.24, 2.45) is 0 Å². The number of carbonyl (C=O) groups is 1. The van der Waals surface area contributed by atoms with E-state index in [0.717, 1.165) is 0 Å². The predicted octanol–water partition coefficient (Wildman–Crippen LogP) is -0.213. The molecule has 1 aliphatic heterocycles. The highest BCUT2D eigenvalue weighted by atomic mass is 35.5.